The molecule has 0 unspecified atom stereocenters. The van der Waals surface area contributed by atoms with Gasteiger partial charge in [0.1, 0.15) is 6.54 Å². The summed E-state index contributed by atoms with van der Waals surface area (Å²) in [6.45, 7) is 5.22. The fourth-order valence-corrected chi connectivity index (χ4v) is 3.89. The van der Waals surface area contributed by atoms with Crippen molar-refractivity contribution >= 4 is 15.6 Å². The van der Waals surface area contributed by atoms with Crippen LogP contribution in [0.5, 0.6) is 0 Å². The lowest BCUT2D eigenvalue weighted by atomic mass is 10.0. The van der Waals surface area contributed by atoms with E-state index in [1.165, 1.54) is 102 Å². The van der Waals surface area contributed by atoms with Crippen molar-refractivity contribution in [1.29, 1.82) is 0 Å². The highest BCUT2D eigenvalue weighted by Crippen LogP contribution is 2.25. The number of nitrogens with zero attached hydrogens (tertiary/aromatic N) is 1. The molecular weight excluding hydrogens is 558 g/mol. The summed E-state index contributed by atoms with van der Waals surface area (Å²) in [7, 11) is -4.79. The Kier molecular flexibility index (Phi) is 31.1. The molecular formula is C27H58N2O9P2. The average Bonchev–Trinajstić information content (AvgIpc) is 2.82. The second-order valence-electron chi connectivity index (χ2n) is 10.4. The van der Waals surface area contributed by atoms with Crippen LogP contribution >= 0.6 is 15.6 Å². The Morgan fingerprint density at radius 3 is 1.32 bits per heavy atom. The van der Waals surface area contributed by atoms with E-state index in [1.54, 1.807) is 0 Å². The summed E-state index contributed by atoms with van der Waals surface area (Å²) >= 11 is 0. The van der Waals surface area contributed by atoms with E-state index < -0.39 is 15.6 Å². The fraction of sp³-hybridized carbons (Fsp3) is 0.778. The largest absolute Gasteiger partial charge is 0.756 e. The summed E-state index contributed by atoms with van der Waals surface area (Å²) in [5.74, 6) is 0. The molecule has 8 N–H and O–H groups in total. The quantitative estimate of drug-likeness (QED) is 0.0711. The molecule has 0 amide bonds. The van der Waals surface area contributed by atoms with Crippen LogP contribution in [0.1, 0.15) is 102 Å². The molecule has 13 heteroatoms. The summed E-state index contributed by atoms with van der Waals surface area (Å²) in [5, 5.41) is 7.75. The van der Waals surface area contributed by atoms with Crippen LogP contribution in [0, 0.1) is 0 Å². The molecule has 0 saturated heterocycles. The predicted molar refractivity (Wildman–Crippen MR) is 160 cm³/mol. The van der Waals surface area contributed by atoms with Gasteiger partial charge in [-0.3, -0.25) is 4.57 Å². The van der Waals surface area contributed by atoms with Gasteiger partial charge >= 0.3 is 7.82 Å². The molecule has 1 aromatic rings. The normalized spacial score (nSPS) is 11.4. The molecule has 40 heavy (non-hydrogen) atoms. The van der Waals surface area contributed by atoms with E-state index >= 15 is 0 Å². The fourth-order valence-electron chi connectivity index (χ4n) is 3.89. The van der Waals surface area contributed by atoms with Crippen LogP contribution in [0.3, 0.4) is 0 Å². The molecule has 0 aliphatic carbocycles. The van der Waals surface area contributed by atoms with Crippen LogP contribution in [0.25, 0.3) is 0 Å². The van der Waals surface area contributed by atoms with Gasteiger partial charge in [-0.25, -0.2) is 4.57 Å². The number of rotatable bonds is 18. The number of aliphatic hydroxyl groups is 1. The minimum Gasteiger partial charge on any atom is -0.756 e. The summed E-state index contributed by atoms with van der Waals surface area (Å²) in [4.78, 5) is 44.5. The van der Waals surface area contributed by atoms with Crippen LogP contribution < -0.4 is 10.6 Å². The van der Waals surface area contributed by atoms with Gasteiger partial charge in [-0.1, -0.05) is 114 Å². The highest BCUT2D eigenvalue weighted by molar-refractivity contribution is 7.45. The lowest BCUT2D eigenvalue weighted by Gasteiger charge is -2.30. The third kappa shape index (κ3) is 53.6. The van der Waals surface area contributed by atoms with Gasteiger partial charge in [-0.15, -0.1) is 0 Å². The summed E-state index contributed by atoms with van der Waals surface area (Å²) < 4.78 is 18.8. The molecule has 240 valence electrons. The minimum atomic E-state index is -4.89. The van der Waals surface area contributed by atoms with Gasteiger partial charge in [0.05, 0.1) is 27.2 Å². The second-order valence-corrected chi connectivity index (χ2v) is 12.4. The number of benzene rings is 1. The molecule has 0 aliphatic rings. The van der Waals surface area contributed by atoms with E-state index in [9.17, 15) is 0 Å². The highest BCUT2D eigenvalue weighted by Gasteiger charge is 2.14. The lowest BCUT2D eigenvalue weighted by Crippen LogP contribution is -2.39. The summed E-state index contributed by atoms with van der Waals surface area (Å²) in [6, 6.07) is 10.9. The molecule has 0 fully saturated rings. The predicted octanol–water partition coefficient (Wildman–Crippen LogP) is 4.19. The van der Waals surface area contributed by atoms with Crippen LogP contribution in [0.4, 0.5) is 0 Å². The third-order valence-corrected chi connectivity index (χ3v) is 5.70. The van der Waals surface area contributed by atoms with E-state index in [1.807, 2.05) is 0 Å². The molecule has 11 nitrogen and oxygen atoms in total. The Hall–Kier alpha value is -0.680. The molecule has 0 aromatic heterocycles. The standard InChI is InChI=1S/C25H46N.C2H7NO.2H3O4P/c1-4-5-6-7-8-9-10-11-12-13-14-15-16-20-23-26(2,3)24-25-21-18-17-19-22-25;3-1-2-4;2*1-5(2,3)4/h17-19,21-22H,4-16,20,23-24H2,1-3H3;4H,1-3H2;2*(H3,1,2,3,4)/q+1;;;/p-1. The average molecular weight is 617 g/mol. The summed E-state index contributed by atoms with van der Waals surface area (Å²) in [6.07, 6.45) is 20.2. The van der Waals surface area contributed by atoms with Gasteiger partial charge < -0.3 is 44.7 Å². The monoisotopic (exact) mass is 616 g/mol. The van der Waals surface area contributed by atoms with E-state index in [2.05, 4.69) is 51.4 Å². The van der Waals surface area contributed by atoms with Crippen LogP contribution in [0.15, 0.2) is 30.3 Å². The number of nitrogens with two attached hydrogens (primary N) is 1. The van der Waals surface area contributed by atoms with Gasteiger partial charge in [0.2, 0.25) is 0 Å². The van der Waals surface area contributed by atoms with Gasteiger partial charge in [-0.2, -0.15) is 0 Å². The smallest absolute Gasteiger partial charge is 0.466 e. The van der Waals surface area contributed by atoms with Crippen molar-refractivity contribution in [2.45, 2.75) is 103 Å². The van der Waals surface area contributed by atoms with Crippen molar-refractivity contribution < 1.29 is 48.1 Å². The topological polar surface area (TPSA) is 205 Å². The number of hydrogen-bond donors (Lipinski definition) is 7. The van der Waals surface area contributed by atoms with Crippen molar-refractivity contribution in [3.8, 4) is 0 Å². The summed E-state index contributed by atoms with van der Waals surface area (Å²) in [5.41, 5.74) is 6.24. The van der Waals surface area contributed by atoms with Crippen LogP contribution in [0.2, 0.25) is 0 Å². The number of quaternary nitrogens is 1. The molecule has 1 aromatic carbocycles. The Bertz CT molecular complexity index is 706. The van der Waals surface area contributed by atoms with E-state index in [0.717, 1.165) is 11.0 Å². The third-order valence-electron chi connectivity index (χ3n) is 5.70. The van der Waals surface area contributed by atoms with Crippen molar-refractivity contribution in [3.05, 3.63) is 35.9 Å². The molecule has 1 rings (SSSR count). The van der Waals surface area contributed by atoms with Crippen molar-refractivity contribution in [2.24, 2.45) is 5.73 Å². The van der Waals surface area contributed by atoms with Gasteiger partial charge in [0.15, 0.2) is 0 Å². The highest BCUT2D eigenvalue weighted by atomic mass is 31.2. The van der Waals surface area contributed by atoms with Gasteiger partial charge in [0.25, 0.3) is 7.82 Å². The zero-order valence-electron chi connectivity index (χ0n) is 24.9. The van der Waals surface area contributed by atoms with E-state index in [4.69, 9.17) is 49.3 Å². The minimum absolute atomic E-state index is 0.0972. The molecule has 0 bridgehead atoms. The zero-order valence-corrected chi connectivity index (χ0v) is 26.7. The molecule has 0 radical (unpaired) electrons. The lowest BCUT2D eigenvalue weighted by molar-refractivity contribution is -0.903. The first kappa shape index (κ1) is 43.8. The molecule has 0 saturated carbocycles. The number of unbranched alkanes of at least 4 members (excludes halogenated alkanes) is 13. The van der Waals surface area contributed by atoms with E-state index in [0.29, 0.717) is 6.54 Å². The van der Waals surface area contributed by atoms with Crippen molar-refractivity contribution in [2.75, 3.05) is 33.8 Å². The Labute approximate surface area is 242 Å². The zero-order chi connectivity index (χ0) is 31.3. The molecule has 0 atom stereocenters. The molecule has 0 aliphatic heterocycles. The van der Waals surface area contributed by atoms with Gasteiger partial charge in [0, 0.05) is 12.1 Å². The van der Waals surface area contributed by atoms with Crippen molar-refractivity contribution in [1.82, 2.24) is 0 Å². The van der Waals surface area contributed by atoms with Crippen LogP contribution in [-0.2, 0) is 15.7 Å². The second kappa shape index (κ2) is 28.4. The maximum Gasteiger partial charge on any atom is 0.466 e. The van der Waals surface area contributed by atoms with Crippen molar-refractivity contribution in [3.63, 3.8) is 0 Å². The Morgan fingerprint density at radius 2 is 1.02 bits per heavy atom. The maximum absolute atomic E-state index is 8.88. The SMILES string of the molecule is CCCCCCCCCCCCCCCC[N+](C)(C)Cc1ccccc1.NCCO.O=P(O)(O)O.O=P([O-])(O)O. The Morgan fingerprint density at radius 1 is 0.725 bits per heavy atom. The van der Waals surface area contributed by atoms with Gasteiger partial charge in [-0.05, 0) is 12.8 Å². The molecule has 0 heterocycles. The number of phosphoric acid groups is 2. The number of aliphatic hydroxyl groups excluding tert-OH is 1. The first-order valence-corrected chi connectivity index (χ1v) is 17.4. The molecule has 0 spiro atoms. The maximum atomic E-state index is 8.88. The first-order valence-electron chi connectivity index (χ1n) is 14.3. The Balaban J connectivity index is -0.000000803. The van der Waals surface area contributed by atoms with E-state index in [-0.39, 0.29) is 6.61 Å². The number of hydrogen-bond acceptors (Lipinski definition) is 5. The first-order chi connectivity index (χ1) is 18.6. The van der Waals surface area contributed by atoms with Crippen LogP contribution in [-0.4, -0.2) is 67.8 Å².